The van der Waals surface area contributed by atoms with Gasteiger partial charge in [-0.15, -0.1) is 0 Å². The van der Waals surface area contributed by atoms with E-state index in [2.05, 4.69) is 15.0 Å². The summed E-state index contributed by atoms with van der Waals surface area (Å²) >= 11 is 0. The summed E-state index contributed by atoms with van der Waals surface area (Å²) in [5.74, 6) is 0.344. The average molecular weight is 416 g/mol. The van der Waals surface area contributed by atoms with Crippen molar-refractivity contribution in [1.29, 1.82) is 0 Å². The van der Waals surface area contributed by atoms with E-state index in [0.29, 0.717) is 18.1 Å². The predicted octanol–water partition coefficient (Wildman–Crippen LogP) is 3.10. The van der Waals surface area contributed by atoms with Crippen LogP contribution in [0.3, 0.4) is 0 Å². The van der Waals surface area contributed by atoms with Gasteiger partial charge in [-0.3, -0.25) is 9.52 Å². The molecule has 0 aliphatic heterocycles. The van der Waals surface area contributed by atoms with Crippen molar-refractivity contribution in [2.75, 3.05) is 11.0 Å². The molecule has 29 heavy (non-hydrogen) atoms. The number of ether oxygens (including phenoxy) is 1. The van der Waals surface area contributed by atoms with Crippen molar-refractivity contribution in [3.05, 3.63) is 59.8 Å². The Balaban J connectivity index is 1.53. The summed E-state index contributed by atoms with van der Waals surface area (Å²) < 4.78 is 30.8. The largest absolute Gasteiger partial charge is 0.474 e. The zero-order valence-corrected chi connectivity index (χ0v) is 17.1. The van der Waals surface area contributed by atoms with Gasteiger partial charge in [-0.05, 0) is 55.5 Å². The minimum atomic E-state index is -3.31. The Morgan fingerprint density at radius 3 is 2.62 bits per heavy atom. The molecular weight excluding hydrogens is 390 g/mol. The number of rotatable bonds is 8. The van der Waals surface area contributed by atoms with Gasteiger partial charge in [0.15, 0.2) is 0 Å². The van der Waals surface area contributed by atoms with E-state index in [0.717, 1.165) is 30.2 Å². The molecule has 1 fully saturated rings. The van der Waals surface area contributed by atoms with Gasteiger partial charge < -0.3 is 10.1 Å². The number of anilines is 1. The number of pyridine rings is 1. The van der Waals surface area contributed by atoms with E-state index in [4.69, 9.17) is 4.74 Å². The van der Waals surface area contributed by atoms with Gasteiger partial charge in [-0.2, -0.15) is 0 Å². The Labute approximate surface area is 171 Å². The molecule has 1 saturated carbocycles. The quantitative estimate of drug-likeness (QED) is 0.646. The van der Waals surface area contributed by atoms with Gasteiger partial charge in [0.05, 0.1) is 6.26 Å². The molecule has 1 aliphatic carbocycles. The molecule has 0 saturated heterocycles. The van der Waals surface area contributed by atoms with Crippen LogP contribution in [0.15, 0.2) is 48.7 Å². The molecule has 0 bridgehead atoms. The van der Waals surface area contributed by atoms with E-state index in [-0.39, 0.29) is 12.0 Å². The number of sulfonamides is 1. The molecule has 154 valence electrons. The molecule has 3 rings (SSSR count). The van der Waals surface area contributed by atoms with Crippen LogP contribution in [0.25, 0.3) is 6.08 Å². The minimum absolute atomic E-state index is 0.208. The van der Waals surface area contributed by atoms with Crippen molar-refractivity contribution in [2.45, 2.75) is 38.3 Å². The fraction of sp³-hybridized carbons (Fsp3) is 0.333. The van der Waals surface area contributed by atoms with Crippen LogP contribution in [0.4, 0.5) is 5.69 Å². The number of nitrogens with zero attached hydrogens (tertiary/aromatic N) is 1. The molecule has 1 amide bonds. The lowest BCUT2D eigenvalue weighted by atomic mass is 10.2. The van der Waals surface area contributed by atoms with Gasteiger partial charge in [0.25, 0.3) is 0 Å². The molecular formula is C21H25N3O4S. The Kier molecular flexibility index (Phi) is 6.87. The van der Waals surface area contributed by atoms with E-state index >= 15 is 0 Å². The van der Waals surface area contributed by atoms with E-state index in [1.54, 1.807) is 36.5 Å². The van der Waals surface area contributed by atoms with Crippen LogP contribution in [-0.2, 0) is 21.4 Å². The summed E-state index contributed by atoms with van der Waals surface area (Å²) in [7, 11) is -3.31. The summed E-state index contributed by atoms with van der Waals surface area (Å²) in [5, 5.41) is 2.84. The highest BCUT2D eigenvalue weighted by Gasteiger charge is 2.18. The molecule has 1 aromatic carbocycles. The van der Waals surface area contributed by atoms with Gasteiger partial charge >= 0.3 is 0 Å². The number of amides is 1. The van der Waals surface area contributed by atoms with Crippen LogP contribution >= 0.6 is 0 Å². The zero-order chi connectivity index (χ0) is 20.7. The first-order chi connectivity index (χ1) is 13.9. The molecule has 2 N–H and O–H groups in total. The summed E-state index contributed by atoms with van der Waals surface area (Å²) in [4.78, 5) is 16.5. The van der Waals surface area contributed by atoms with Gasteiger partial charge in [0.1, 0.15) is 6.10 Å². The molecule has 0 unspecified atom stereocenters. The van der Waals surface area contributed by atoms with Gasteiger partial charge in [0, 0.05) is 30.1 Å². The first-order valence-corrected chi connectivity index (χ1v) is 11.4. The maximum Gasteiger partial charge on any atom is 0.244 e. The minimum Gasteiger partial charge on any atom is -0.474 e. The van der Waals surface area contributed by atoms with E-state index < -0.39 is 10.0 Å². The second-order valence-electron chi connectivity index (χ2n) is 7.04. The third-order valence-corrected chi connectivity index (χ3v) is 5.13. The van der Waals surface area contributed by atoms with Crippen molar-refractivity contribution < 1.29 is 17.9 Å². The van der Waals surface area contributed by atoms with E-state index in [1.165, 1.54) is 18.9 Å². The van der Waals surface area contributed by atoms with Crippen molar-refractivity contribution in [2.24, 2.45) is 0 Å². The van der Waals surface area contributed by atoms with E-state index in [9.17, 15) is 13.2 Å². The Morgan fingerprint density at radius 2 is 1.93 bits per heavy atom. The van der Waals surface area contributed by atoms with Crippen LogP contribution in [0.5, 0.6) is 5.88 Å². The number of nitrogens with one attached hydrogen (secondary N) is 2. The third kappa shape index (κ3) is 6.90. The fourth-order valence-electron chi connectivity index (χ4n) is 3.12. The van der Waals surface area contributed by atoms with Crippen molar-refractivity contribution in [1.82, 2.24) is 10.3 Å². The highest BCUT2D eigenvalue weighted by atomic mass is 32.2. The van der Waals surface area contributed by atoms with Crippen molar-refractivity contribution in [3.8, 4) is 5.88 Å². The van der Waals surface area contributed by atoms with Crippen LogP contribution in [0, 0.1) is 0 Å². The second kappa shape index (κ2) is 9.56. The summed E-state index contributed by atoms with van der Waals surface area (Å²) in [6.07, 6.45) is 10.5. The molecule has 0 radical (unpaired) electrons. The SMILES string of the molecule is CS(=O)(=O)Nc1ccc(/C=C/C(=O)NCc2cccnc2OC2CCCC2)cc1. The predicted molar refractivity (Wildman–Crippen MR) is 113 cm³/mol. The Hall–Kier alpha value is -2.87. The highest BCUT2D eigenvalue weighted by molar-refractivity contribution is 7.92. The monoisotopic (exact) mass is 415 g/mol. The zero-order valence-electron chi connectivity index (χ0n) is 16.3. The molecule has 0 atom stereocenters. The number of hydrogen-bond donors (Lipinski definition) is 2. The smallest absolute Gasteiger partial charge is 0.244 e. The number of carbonyl (C=O) groups is 1. The molecule has 2 aromatic rings. The number of carbonyl (C=O) groups excluding carboxylic acids is 1. The third-order valence-electron chi connectivity index (χ3n) is 4.52. The van der Waals surface area contributed by atoms with Crippen LogP contribution < -0.4 is 14.8 Å². The Bertz CT molecular complexity index is 966. The average Bonchev–Trinajstić information content (AvgIpc) is 3.19. The summed E-state index contributed by atoms with van der Waals surface area (Å²) in [6, 6.07) is 10.5. The van der Waals surface area contributed by atoms with Crippen molar-refractivity contribution in [3.63, 3.8) is 0 Å². The van der Waals surface area contributed by atoms with Crippen LogP contribution in [0.1, 0.15) is 36.8 Å². The number of hydrogen-bond acceptors (Lipinski definition) is 5. The highest BCUT2D eigenvalue weighted by Crippen LogP contribution is 2.24. The number of aromatic nitrogens is 1. The molecule has 7 nitrogen and oxygen atoms in total. The molecule has 1 aromatic heterocycles. The van der Waals surface area contributed by atoms with Crippen LogP contribution in [-0.4, -0.2) is 31.7 Å². The topological polar surface area (TPSA) is 97.4 Å². The number of benzene rings is 1. The van der Waals surface area contributed by atoms with Gasteiger partial charge in [-0.25, -0.2) is 13.4 Å². The summed E-state index contributed by atoms with van der Waals surface area (Å²) in [6.45, 7) is 0.330. The van der Waals surface area contributed by atoms with Gasteiger partial charge in [-0.1, -0.05) is 18.2 Å². The molecule has 1 aliphatic rings. The fourth-order valence-corrected chi connectivity index (χ4v) is 3.68. The first kappa shape index (κ1) is 20.9. The maximum absolute atomic E-state index is 12.1. The van der Waals surface area contributed by atoms with Crippen LogP contribution in [0.2, 0.25) is 0 Å². The second-order valence-corrected chi connectivity index (χ2v) is 8.79. The lowest BCUT2D eigenvalue weighted by molar-refractivity contribution is -0.116. The molecule has 1 heterocycles. The lowest BCUT2D eigenvalue weighted by Crippen LogP contribution is -2.22. The Morgan fingerprint density at radius 1 is 1.21 bits per heavy atom. The van der Waals surface area contributed by atoms with Gasteiger partial charge in [0.2, 0.25) is 21.8 Å². The molecule has 0 spiro atoms. The van der Waals surface area contributed by atoms with Crippen molar-refractivity contribution >= 4 is 27.7 Å². The maximum atomic E-state index is 12.1. The summed E-state index contributed by atoms with van der Waals surface area (Å²) in [5.41, 5.74) is 2.10. The van der Waals surface area contributed by atoms with E-state index in [1.807, 2.05) is 12.1 Å². The normalized spacial score (nSPS) is 14.8. The lowest BCUT2D eigenvalue weighted by Gasteiger charge is -2.15. The first-order valence-electron chi connectivity index (χ1n) is 9.53. The standard InChI is InChI=1S/C21H25N3O4S/c1-29(26,27)24-18-11-8-16(9-12-18)10-13-20(25)23-15-17-5-4-14-22-21(17)28-19-6-2-3-7-19/h4-5,8-14,19,24H,2-3,6-7,15H2,1H3,(H,23,25)/b13-10+. The molecule has 8 heteroatoms.